The van der Waals surface area contributed by atoms with Gasteiger partial charge in [-0.1, -0.05) is 12.1 Å². The number of nitrogens with zero attached hydrogens (tertiary/aromatic N) is 5. The molecule has 2 heterocycles. The Morgan fingerprint density at radius 2 is 2.20 bits per heavy atom. The Morgan fingerprint density at radius 1 is 1.35 bits per heavy atom. The van der Waals surface area contributed by atoms with E-state index in [1.165, 1.54) is 18.5 Å². The van der Waals surface area contributed by atoms with Crippen molar-refractivity contribution >= 4 is 17.2 Å². The first kappa shape index (κ1) is 12.0. The van der Waals surface area contributed by atoms with Crippen LogP contribution in [0.5, 0.6) is 0 Å². The van der Waals surface area contributed by atoms with Gasteiger partial charge in [-0.3, -0.25) is 10.1 Å². The second-order valence-electron chi connectivity index (χ2n) is 4.04. The monoisotopic (exact) mass is 270 g/mol. The maximum atomic E-state index is 10.8. The highest BCUT2D eigenvalue weighted by molar-refractivity contribution is 5.70. The maximum absolute atomic E-state index is 10.8. The summed E-state index contributed by atoms with van der Waals surface area (Å²) in [5.74, 6) is 0.594. The van der Waals surface area contributed by atoms with Gasteiger partial charge in [0, 0.05) is 24.7 Å². The summed E-state index contributed by atoms with van der Waals surface area (Å²) in [7, 11) is 1.74. The van der Waals surface area contributed by atoms with E-state index in [-0.39, 0.29) is 5.69 Å². The Morgan fingerprint density at radius 3 is 2.95 bits per heavy atom. The summed E-state index contributed by atoms with van der Waals surface area (Å²) < 4.78 is 1.60. The molecule has 3 aromatic rings. The van der Waals surface area contributed by atoms with Crippen molar-refractivity contribution < 1.29 is 4.92 Å². The lowest BCUT2D eigenvalue weighted by atomic mass is 10.1. The Kier molecular flexibility index (Phi) is 2.75. The highest BCUT2D eigenvalue weighted by Crippen LogP contribution is 2.25. The van der Waals surface area contributed by atoms with Crippen LogP contribution in [0.25, 0.3) is 16.9 Å². The van der Waals surface area contributed by atoms with Gasteiger partial charge in [0.1, 0.15) is 6.33 Å². The molecule has 0 saturated carbocycles. The molecule has 0 bridgehead atoms. The van der Waals surface area contributed by atoms with Crippen molar-refractivity contribution in [2.45, 2.75) is 0 Å². The zero-order valence-corrected chi connectivity index (χ0v) is 10.5. The molecule has 0 saturated heterocycles. The number of non-ortho nitro benzene ring substituents is 1. The SMILES string of the molecule is CNc1ncnn2c(-c3cccc([N+](=O)[O-])c3)cnc12. The number of anilines is 1. The van der Waals surface area contributed by atoms with Crippen LogP contribution in [-0.4, -0.2) is 31.6 Å². The van der Waals surface area contributed by atoms with Crippen molar-refractivity contribution in [3.05, 3.63) is 46.9 Å². The molecule has 8 heteroatoms. The normalized spacial score (nSPS) is 10.7. The highest BCUT2D eigenvalue weighted by atomic mass is 16.6. The second-order valence-corrected chi connectivity index (χ2v) is 4.04. The lowest BCUT2D eigenvalue weighted by Crippen LogP contribution is -2.01. The van der Waals surface area contributed by atoms with Crippen molar-refractivity contribution in [1.29, 1.82) is 0 Å². The Labute approximate surface area is 113 Å². The van der Waals surface area contributed by atoms with Gasteiger partial charge < -0.3 is 5.32 Å². The van der Waals surface area contributed by atoms with Crippen molar-refractivity contribution in [3.8, 4) is 11.3 Å². The number of nitrogens with one attached hydrogen (secondary N) is 1. The van der Waals surface area contributed by atoms with E-state index in [1.54, 1.807) is 29.9 Å². The van der Waals surface area contributed by atoms with E-state index in [0.717, 1.165) is 0 Å². The molecule has 0 atom stereocenters. The fourth-order valence-corrected chi connectivity index (χ4v) is 1.97. The quantitative estimate of drug-likeness (QED) is 0.575. The summed E-state index contributed by atoms with van der Waals surface area (Å²) in [6.07, 6.45) is 3.02. The summed E-state index contributed by atoms with van der Waals surface area (Å²) in [6.45, 7) is 0. The van der Waals surface area contributed by atoms with Crippen LogP contribution in [0.15, 0.2) is 36.8 Å². The van der Waals surface area contributed by atoms with Crippen LogP contribution >= 0.6 is 0 Å². The molecule has 8 nitrogen and oxygen atoms in total. The van der Waals surface area contributed by atoms with Gasteiger partial charge in [0.05, 0.1) is 16.8 Å². The zero-order valence-electron chi connectivity index (χ0n) is 10.5. The van der Waals surface area contributed by atoms with Gasteiger partial charge in [-0.25, -0.2) is 14.5 Å². The van der Waals surface area contributed by atoms with Gasteiger partial charge in [-0.05, 0) is 0 Å². The van der Waals surface area contributed by atoms with E-state index >= 15 is 0 Å². The van der Waals surface area contributed by atoms with Gasteiger partial charge in [-0.15, -0.1) is 0 Å². The van der Waals surface area contributed by atoms with Crippen LogP contribution in [0, 0.1) is 10.1 Å². The largest absolute Gasteiger partial charge is 0.370 e. The number of benzene rings is 1. The molecular formula is C12H10N6O2. The molecule has 0 aliphatic carbocycles. The van der Waals surface area contributed by atoms with E-state index in [4.69, 9.17) is 0 Å². The molecule has 100 valence electrons. The number of nitro groups is 1. The predicted molar refractivity (Wildman–Crippen MR) is 72.4 cm³/mol. The molecule has 2 aromatic heterocycles. The first-order valence-electron chi connectivity index (χ1n) is 5.82. The first-order chi connectivity index (χ1) is 9.70. The summed E-state index contributed by atoms with van der Waals surface area (Å²) in [5, 5.41) is 17.9. The number of fused-ring (bicyclic) bond motifs is 1. The number of imidazole rings is 1. The number of hydrogen-bond acceptors (Lipinski definition) is 6. The fourth-order valence-electron chi connectivity index (χ4n) is 1.97. The van der Waals surface area contributed by atoms with E-state index in [0.29, 0.717) is 22.7 Å². The maximum Gasteiger partial charge on any atom is 0.270 e. The smallest absolute Gasteiger partial charge is 0.270 e. The van der Waals surface area contributed by atoms with E-state index in [9.17, 15) is 10.1 Å². The summed E-state index contributed by atoms with van der Waals surface area (Å²) in [6, 6.07) is 6.34. The summed E-state index contributed by atoms with van der Waals surface area (Å²) in [4.78, 5) is 18.7. The Bertz CT molecular complexity index is 797. The number of nitro benzene ring substituents is 1. The molecule has 0 fully saturated rings. The van der Waals surface area contributed by atoms with Gasteiger partial charge in [0.15, 0.2) is 11.5 Å². The van der Waals surface area contributed by atoms with Crippen LogP contribution in [0.4, 0.5) is 11.5 Å². The lowest BCUT2D eigenvalue weighted by Gasteiger charge is -2.03. The first-order valence-corrected chi connectivity index (χ1v) is 5.82. The lowest BCUT2D eigenvalue weighted by molar-refractivity contribution is -0.384. The minimum absolute atomic E-state index is 0.0281. The van der Waals surface area contributed by atoms with Crippen LogP contribution in [0.3, 0.4) is 0 Å². The summed E-state index contributed by atoms with van der Waals surface area (Å²) in [5.41, 5.74) is 1.94. The third-order valence-electron chi connectivity index (χ3n) is 2.89. The number of aromatic nitrogens is 4. The fraction of sp³-hybridized carbons (Fsp3) is 0.0833. The molecule has 20 heavy (non-hydrogen) atoms. The number of hydrogen-bond donors (Lipinski definition) is 1. The van der Waals surface area contributed by atoms with Crippen LogP contribution in [0.1, 0.15) is 0 Å². The van der Waals surface area contributed by atoms with Crippen LogP contribution in [-0.2, 0) is 0 Å². The highest BCUT2D eigenvalue weighted by Gasteiger charge is 2.13. The minimum Gasteiger partial charge on any atom is -0.370 e. The molecule has 1 N–H and O–H groups in total. The molecule has 3 rings (SSSR count). The molecule has 0 unspecified atom stereocenters. The van der Waals surface area contributed by atoms with Gasteiger partial charge >= 0.3 is 0 Å². The van der Waals surface area contributed by atoms with Crippen molar-refractivity contribution in [3.63, 3.8) is 0 Å². The van der Waals surface area contributed by atoms with Crippen molar-refractivity contribution in [2.75, 3.05) is 12.4 Å². The van der Waals surface area contributed by atoms with E-state index < -0.39 is 4.92 Å². The topological polar surface area (TPSA) is 98.2 Å². The third kappa shape index (κ3) is 1.83. The molecule has 0 radical (unpaired) electrons. The third-order valence-corrected chi connectivity index (χ3v) is 2.89. The predicted octanol–water partition coefficient (Wildman–Crippen LogP) is 1.74. The molecule has 0 aliphatic heterocycles. The Hall–Kier alpha value is -3.03. The van der Waals surface area contributed by atoms with E-state index in [1.807, 2.05) is 0 Å². The Balaban J connectivity index is 2.20. The number of rotatable bonds is 3. The van der Waals surface area contributed by atoms with Crippen molar-refractivity contribution in [1.82, 2.24) is 19.6 Å². The molecule has 0 aliphatic rings. The zero-order chi connectivity index (χ0) is 14.1. The standard InChI is InChI=1S/C12H10N6O2/c1-13-11-12-14-6-10(17(12)16-7-15-11)8-3-2-4-9(5-8)18(19)20/h2-7H,1H3,(H,13,15,16). The minimum atomic E-state index is -0.430. The van der Waals surface area contributed by atoms with Gasteiger partial charge in [0.25, 0.3) is 5.69 Å². The van der Waals surface area contributed by atoms with Gasteiger partial charge in [0.2, 0.25) is 0 Å². The van der Waals surface area contributed by atoms with Crippen molar-refractivity contribution in [2.24, 2.45) is 0 Å². The molecule has 0 amide bonds. The van der Waals surface area contributed by atoms with Crippen LogP contribution < -0.4 is 5.32 Å². The average molecular weight is 270 g/mol. The molecule has 1 aromatic carbocycles. The molecular weight excluding hydrogens is 260 g/mol. The van der Waals surface area contributed by atoms with Gasteiger partial charge in [-0.2, -0.15) is 5.10 Å². The average Bonchev–Trinajstić information content (AvgIpc) is 2.91. The van der Waals surface area contributed by atoms with Crippen LogP contribution in [0.2, 0.25) is 0 Å². The second kappa shape index (κ2) is 4.57. The molecule has 0 spiro atoms. The van der Waals surface area contributed by atoms with E-state index in [2.05, 4.69) is 20.4 Å². The summed E-state index contributed by atoms with van der Waals surface area (Å²) >= 11 is 0.